The summed E-state index contributed by atoms with van der Waals surface area (Å²) >= 11 is 0. The van der Waals surface area contributed by atoms with E-state index in [-0.39, 0.29) is 6.10 Å². The Morgan fingerprint density at radius 1 is 1.50 bits per heavy atom. The largest absolute Gasteiger partial charge is 0.490 e. The van der Waals surface area contributed by atoms with Gasteiger partial charge in [-0.25, -0.2) is 0 Å². The first kappa shape index (κ1) is 15.6. The summed E-state index contributed by atoms with van der Waals surface area (Å²) in [6.45, 7) is 9.97. The van der Waals surface area contributed by atoms with Crippen molar-refractivity contribution in [2.75, 3.05) is 6.54 Å². The molecule has 0 atom stereocenters. The molecule has 0 unspecified atom stereocenters. The quantitative estimate of drug-likeness (QED) is 0.742. The van der Waals surface area contributed by atoms with Crippen LogP contribution in [0.2, 0.25) is 0 Å². The molecule has 1 aromatic carbocycles. The zero-order valence-electron chi connectivity index (χ0n) is 12.1. The number of nitrogens with zero attached hydrogens (tertiary/aromatic N) is 3. The minimum Gasteiger partial charge on any atom is -0.490 e. The maximum atomic E-state index is 9.11. The van der Waals surface area contributed by atoms with Gasteiger partial charge >= 0.3 is 0 Å². The van der Waals surface area contributed by atoms with E-state index in [0.29, 0.717) is 17.9 Å². The SMILES string of the molecule is C=N/C=C(\C=NCC)c1ccc(C#N)c(OC(C)C)c1. The molecule has 4 heteroatoms. The molecular weight excluding hydrogens is 250 g/mol. The molecule has 4 nitrogen and oxygen atoms in total. The molecule has 1 aromatic rings. The average molecular weight is 269 g/mol. The number of hydrogen-bond donors (Lipinski definition) is 0. The first-order valence-corrected chi connectivity index (χ1v) is 6.49. The number of allylic oxidation sites excluding steroid dienone is 1. The number of ether oxygens (including phenoxy) is 1. The Morgan fingerprint density at radius 2 is 2.25 bits per heavy atom. The normalized spacial score (nSPS) is 11.7. The van der Waals surface area contributed by atoms with Crippen molar-refractivity contribution in [3.05, 3.63) is 35.5 Å². The van der Waals surface area contributed by atoms with E-state index in [2.05, 4.69) is 22.8 Å². The monoisotopic (exact) mass is 269 g/mol. The highest BCUT2D eigenvalue weighted by atomic mass is 16.5. The van der Waals surface area contributed by atoms with Crippen LogP contribution in [0.1, 0.15) is 31.9 Å². The molecule has 20 heavy (non-hydrogen) atoms. The van der Waals surface area contributed by atoms with E-state index in [1.54, 1.807) is 18.5 Å². The van der Waals surface area contributed by atoms with Crippen molar-refractivity contribution in [2.24, 2.45) is 9.98 Å². The third-order valence-corrected chi connectivity index (χ3v) is 2.44. The molecular formula is C16H19N3O. The maximum absolute atomic E-state index is 9.11. The van der Waals surface area contributed by atoms with Crippen LogP contribution in [0.3, 0.4) is 0 Å². The van der Waals surface area contributed by atoms with E-state index < -0.39 is 0 Å². The lowest BCUT2D eigenvalue weighted by molar-refractivity contribution is 0.241. The summed E-state index contributed by atoms with van der Waals surface area (Å²) < 4.78 is 5.67. The first-order chi connectivity index (χ1) is 9.62. The highest BCUT2D eigenvalue weighted by Crippen LogP contribution is 2.24. The molecule has 0 radical (unpaired) electrons. The van der Waals surface area contributed by atoms with Crippen molar-refractivity contribution in [1.82, 2.24) is 0 Å². The summed E-state index contributed by atoms with van der Waals surface area (Å²) in [6, 6.07) is 7.55. The predicted molar refractivity (Wildman–Crippen MR) is 83.5 cm³/mol. The molecule has 0 aliphatic rings. The molecule has 1 rings (SSSR count). The van der Waals surface area contributed by atoms with Crippen molar-refractivity contribution >= 4 is 18.5 Å². The van der Waals surface area contributed by atoms with Crippen molar-refractivity contribution in [3.8, 4) is 11.8 Å². The molecule has 0 bridgehead atoms. The van der Waals surface area contributed by atoms with Gasteiger partial charge in [-0.1, -0.05) is 6.07 Å². The maximum Gasteiger partial charge on any atom is 0.138 e. The second-order valence-corrected chi connectivity index (χ2v) is 4.38. The average Bonchev–Trinajstić information content (AvgIpc) is 2.42. The highest BCUT2D eigenvalue weighted by molar-refractivity contribution is 6.10. The lowest BCUT2D eigenvalue weighted by atomic mass is 10.0. The van der Waals surface area contributed by atoms with Crippen molar-refractivity contribution < 1.29 is 4.74 Å². The van der Waals surface area contributed by atoms with Gasteiger partial charge in [0.2, 0.25) is 0 Å². The van der Waals surface area contributed by atoms with Crippen molar-refractivity contribution in [3.63, 3.8) is 0 Å². The van der Waals surface area contributed by atoms with E-state index in [1.165, 1.54) is 0 Å². The van der Waals surface area contributed by atoms with Gasteiger partial charge in [0, 0.05) is 24.5 Å². The van der Waals surface area contributed by atoms with Crippen LogP contribution in [-0.2, 0) is 0 Å². The van der Waals surface area contributed by atoms with Gasteiger partial charge in [0.25, 0.3) is 0 Å². The highest BCUT2D eigenvalue weighted by Gasteiger charge is 2.08. The van der Waals surface area contributed by atoms with Gasteiger partial charge in [-0.05, 0) is 45.2 Å². The van der Waals surface area contributed by atoms with Gasteiger partial charge in [0.15, 0.2) is 0 Å². The third-order valence-electron chi connectivity index (χ3n) is 2.44. The Balaban J connectivity index is 3.24. The van der Waals surface area contributed by atoms with E-state index in [0.717, 1.165) is 11.1 Å². The minimum atomic E-state index is 0.00613. The second kappa shape index (κ2) is 7.90. The lowest BCUT2D eigenvalue weighted by Gasteiger charge is -2.12. The van der Waals surface area contributed by atoms with Gasteiger partial charge in [-0.2, -0.15) is 5.26 Å². The van der Waals surface area contributed by atoms with E-state index in [9.17, 15) is 0 Å². The number of aliphatic imine (C=N–C) groups is 2. The zero-order chi connectivity index (χ0) is 15.0. The molecule has 0 fully saturated rings. The van der Waals surface area contributed by atoms with Gasteiger partial charge in [0.05, 0.1) is 11.7 Å². The van der Waals surface area contributed by atoms with Crippen molar-refractivity contribution in [2.45, 2.75) is 26.9 Å². The van der Waals surface area contributed by atoms with Gasteiger partial charge in [-0.3, -0.25) is 9.98 Å². The van der Waals surface area contributed by atoms with Crippen molar-refractivity contribution in [1.29, 1.82) is 5.26 Å². The fraction of sp³-hybridized carbons (Fsp3) is 0.312. The van der Waals surface area contributed by atoms with Crippen LogP contribution in [0.25, 0.3) is 5.57 Å². The third kappa shape index (κ3) is 4.36. The molecule has 0 amide bonds. The predicted octanol–water partition coefficient (Wildman–Crippen LogP) is 3.48. The Morgan fingerprint density at radius 3 is 2.80 bits per heavy atom. The Bertz CT molecular complexity index is 566. The Hall–Kier alpha value is -2.41. The molecule has 0 aliphatic carbocycles. The second-order valence-electron chi connectivity index (χ2n) is 4.38. The first-order valence-electron chi connectivity index (χ1n) is 6.49. The molecule has 0 spiro atoms. The van der Waals surface area contributed by atoms with Gasteiger partial charge in [-0.15, -0.1) is 0 Å². The fourth-order valence-electron chi connectivity index (χ4n) is 1.62. The number of nitriles is 1. The molecule has 0 aromatic heterocycles. The minimum absolute atomic E-state index is 0.00613. The number of rotatable bonds is 6. The Kier molecular flexibility index (Phi) is 6.18. The summed E-state index contributed by atoms with van der Waals surface area (Å²) in [7, 11) is 0. The van der Waals surface area contributed by atoms with Crippen LogP contribution in [0.5, 0.6) is 5.75 Å². The number of hydrogen-bond acceptors (Lipinski definition) is 4. The van der Waals surface area contributed by atoms with Crippen LogP contribution < -0.4 is 4.74 Å². The zero-order valence-corrected chi connectivity index (χ0v) is 12.1. The fourth-order valence-corrected chi connectivity index (χ4v) is 1.62. The molecule has 104 valence electrons. The summed E-state index contributed by atoms with van der Waals surface area (Å²) in [5, 5.41) is 9.11. The van der Waals surface area contributed by atoms with E-state index in [1.807, 2.05) is 32.9 Å². The van der Waals surface area contributed by atoms with Gasteiger partial charge in [0.1, 0.15) is 11.8 Å². The lowest BCUT2D eigenvalue weighted by Crippen LogP contribution is -2.07. The smallest absolute Gasteiger partial charge is 0.138 e. The Labute approximate surface area is 120 Å². The van der Waals surface area contributed by atoms with Crippen LogP contribution in [0.4, 0.5) is 0 Å². The van der Waals surface area contributed by atoms with E-state index >= 15 is 0 Å². The summed E-state index contributed by atoms with van der Waals surface area (Å²) in [4.78, 5) is 8.00. The molecule has 0 heterocycles. The molecule has 0 saturated carbocycles. The van der Waals surface area contributed by atoms with Crippen LogP contribution >= 0.6 is 0 Å². The van der Waals surface area contributed by atoms with Gasteiger partial charge < -0.3 is 4.74 Å². The standard InChI is InChI=1S/C16H19N3O/c1-5-19-11-15(10-18-4)13-6-7-14(9-17)16(8-13)20-12(2)3/h6-8,10-12H,4-5H2,1-3H3/b15-10+,19-11?. The molecule has 0 saturated heterocycles. The number of benzene rings is 1. The van der Waals surface area contributed by atoms with Crippen LogP contribution in [-0.4, -0.2) is 25.6 Å². The molecule has 0 aliphatic heterocycles. The van der Waals surface area contributed by atoms with Crippen LogP contribution in [0.15, 0.2) is 34.4 Å². The van der Waals surface area contributed by atoms with Crippen LogP contribution in [0, 0.1) is 11.3 Å². The molecule has 0 N–H and O–H groups in total. The summed E-state index contributed by atoms with van der Waals surface area (Å²) in [6.07, 6.45) is 3.39. The summed E-state index contributed by atoms with van der Waals surface area (Å²) in [5.74, 6) is 0.569. The topological polar surface area (TPSA) is 57.7 Å². The van der Waals surface area contributed by atoms with E-state index in [4.69, 9.17) is 10.00 Å². The summed E-state index contributed by atoms with van der Waals surface area (Å²) in [5.41, 5.74) is 2.24.